The fourth-order valence-electron chi connectivity index (χ4n) is 5.06. The van der Waals surface area contributed by atoms with Gasteiger partial charge in [-0.3, -0.25) is 14.4 Å². The van der Waals surface area contributed by atoms with E-state index in [1.807, 2.05) is 13.0 Å². The van der Waals surface area contributed by atoms with Crippen molar-refractivity contribution in [3.8, 4) is 0 Å². The van der Waals surface area contributed by atoms with E-state index in [1.165, 1.54) is 24.3 Å². The highest BCUT2D eigenvalue weighted by molar-refractivity contribution is 6.45. The molecule has 11 nitrogen and oxygen atoms in total. The molecule has 5 rings (SSSR count). The molecule has 2 heterocycles. The standard InChI is InChI=1S/C31H29N5O6/c1-19-18-35(28(38)20-9-4-3-5-10-20)15-16-36(19)29(39)27(37)23-17-32-26-21(23)12-8-14-25(26)34-31(41)33-24-13-7-6-11-22(24)30(40)42-2/h3-14,17,19,32H,15-16,18H2,1-2H3,(H2,33,34,41). The van der Waals surface area contributed by atoms with Crippen LogP contribution >= 0.6 is 0 Å². The first-order valence-corrected chi connectivity index (χ1v) is 13.3. The Morgan fingerprint density at radius 3 is 2.26 bits per heavy atom. The Hall–Kier alpha value is -5.45. The minimum absolute atomic E-state index is 0.115. The smallest absolute Gasteiger partial charge is 0.339 e. The molecule has 1 aliphatic heterocycles. The molecule has 0 spiro atoms. The fourth-order valence-corrected chi connectivity index (χ4v) is 5.06. The third kappa shape index (κ3) is 5.57. The Morgan fingerprint density at radius 1 is 0.833 bits per heavy atom. The number of nitrogens with one attached hydrogen (secondary N) is 3. The summed E-state index contributed by atoms with van der Waals surface area (Å²) in [5.41, 5.74) is 2.03. The molecular weight excluding hydrogens is 538 g/mol. The number of hydrogen-bond acceptors (Lipinski definition) is 6. The highest BCUT2D eigenvalue weighted by Gasteiger charge is 2.34. The summed E-state index contributed by atoms with van der Waals surface area (Å²) in [6, 6.07) is 19.4. The molecule has 0 saturated carbocycles. The van der Waals surface area contributed by atoms with Gasteiger partial charge in [-0.15, -0.1) is 0 Å². The Labute approximate surface area is 241 Å². The van der Waals surface area contributed by atoms with Gasteiger partial charge < -0.3 is 30.2 Å². The third-order valence-electron chi connectivity index (χ3n) is 7.18. The van der Waals surface area contributed by atoms with E-state index >= 15 is 0 Å². The summed E-state index contributed by atoms with van der Waals surface area (Å²) in [5.74, 6) is -2.06. The predicted octanol–water partition coefficient (Wildman–Crippen LogP) is 4.15. The van der Waals surface area contributed by atoms with Gasteiger partial charge in [0, 0.05) is 42.8 Å². The number of fused-ring (bicyclic) bond motifs is 1. The second-order valence-electron chi connectivity index (χ2n) is 9.84. The van der Waals surface area contributed by atoms with Crippen LogP contribution in [0.1, 0.15) is 38.0 Å². The van der Waals surface area contributed by atoms with Gasteiger partial charge in [-0.05, 0) is 37.3 Å². The van der Waals surface area contributed by atoms with Crippen LogP contribution in [0.3, 0.4) is 0 Å². The van der Waals surface area contributed by atoms with Gasteiger partial charge in [0.05, 0.1) is 35.1 Å². The summed E-state index contributed by atoms with van der Waals surface area (Å²) < 4.78 is 4.77. The monoisotopic (exact) mass is 567 g/mol. The number of carbonyl (C=O) groups excluding carboxylic acids is 5. The van der Waals surface area contributed by atoms with Crippen LogP contribution in [0.25, 0.3) is 10.9 Å². The molecule has 4 aromatic rings. The van der Waals surface area contributed by atoms with Crippen molar-refractivity contribution in [3.63, 3.8) is 0 Å². The predicted molar refractivity (Wildman–Crippen MR) is 157 cm³/mol. The Balaban J connectivity index is 1.28. The van der Waals surface area contributed by atoms with E-state index in [9.17, 15) is 24.0 Å². The van der Waals surface area contributed by atoms with Crippen LogP contribution < -0.4 is 10.6 Å². The van der Waals surface area contributed by atoms with Gasteiger partial charge in [-0.25, -0.2) is 9.59 Å². The van der Waals surface area contributed by atoms with Crippen LogP contribution in [-0.4, -0.2) is 77.2 Å². The van der Waals surface area contributed by atoms with Crippen molar-refractivity contribution in [2.24, 2.45) is 0 Å². The molecule has 1 saturated heterocycles. The lowest BCUT2D eigenvalue weighted by Crippen LogP contribution is -2.56. The highest BCUT2D eigenvalue weighted by atomic mass is 16.5. The fraction of sp³-hybridized carbons (Fsp3) is 0.194. The number of anilines is 2. The van der Waals surface area contributed by atoms with E-state index in [4.69, 9.17) is 4.74 Å². The van der Waals surface area contributed by atoms with Crippen LogP contribution in [0, 0.1) is 0 Å². The third-order valence-corrected chi connectivity index (χ3v) is 7.18. The Kier molecular flexibility index (Phi) is 8.00. The van der Waals surface area contributed by atoms with E-state index in [2.05, 4.69) is 15.6 Å². The number of H-pyrrole nitrogens is 1. The zero-order valence-corrected chi connectivity index (χ0v) is 23.0. The molecule has 3 N–H and O–H groups in total. The van der Waals surface area contributed by atoms with Crippen LogP contribution in [-0.2, 0) is 9.53 Å². The minimum Gasteiger partial charge on any atom is -0.465 e. The Bertz CT molecular complexity index is 1680. The number of amides is 4. The maximum Gasteiger partial charge on any atom is 0.339 e. The first-order chi connectivity index (χ1) is 20.3. The zero-order chi connectivity index (χ0) is 29.8. The van der Waals surface area contributed by atoms with Crippen LogP contribution in [0.4, 0.5) is 16.2 Å². The summed E-state index contributed by atoms with van der Waals surface area (Å²) in [4.78, 5) is 70.5. The van der Waals surface area contributed by atoms with Crippen molar-refractivity contribution in [3.05, 3.63) is 95.7 Å². The number of nitrogens with zero attached hydrogens (tertiary/aromatic N) is 2. The van der Waals surface area contributed by atoms with Crippen molar-refractivity contribution in [1.82, 2.24) is 14.8 Å². The second-order valence-corrected chi connectivity index (χ2v) is 9.84. The lowest BCUT2D eigenvalue weighted by Gasteiger charge is -2.39. The molecule has 1 unspecified atom stereocenters. The first kappa shape index (κ1) is 28.1. The molecule has 0 bridgehead atoms. The number of esters is 1. The maximum absolute atomic E-state index is 13.4. The van der Waals surface area contributed by atoms with Crippen LogP contribution in [0.15, 0.2) is 79.0 Å². The summed E-state index contributed by atoms with van der Waals surface area (Å²) in [6.45, 7) is 2.66. The number of Topliss-reactive ketones (excluding diaryl/α,β-unsaturated/α-hetero) is 1. The average molecular weight is 568 g/mol. The van der Waals surface area contributed by atoms with E-state index in [0.717, 1.165) is 0 Å². The van der Waals surface area contributed by atoms with Crippen molar-refractivity contribution >= 4 is 51.9 Å². The molecule has 3 aromatic carbocycles. The van der Waals surface area contributed by atoms with Crippen molar-refractivity contribution in [2.75, 3.05) is 37.4 Å². The Morgan fingerprint density at radius 2 is 1.52 bits per heavy atom. The lowest BCUT2D eigenvalue weighted by molar-refractivity contribution is -0.130. The normalized spacial score (nSPS) is 14.8. The van der Waals surface area contributed by atoms with Gasteiger partial charge in [-0.1, -0.05) is 42.5 Å². The lowest BCUT2D eigenvalue weighted by atomic mass is 10.1. The highest BCUT2D eigenvalue weighted by Crippen LogP contribution is 2.27. The number of hydrogen-bond donors (Lipinski definition) is 3. The summed E-state index contributed by atoms with van der Waals surface area (Å²) >= 11 is 0. The van der Waals surface area contributed by atoms with E-state index < -0.39 is 23.7 Å². The SMILES string of the molecule is COC(=O)c1ccccc1NC(=O)Nc1cccc2c(C(=O)C(=O)N3CCN(C(=O)c4ccccc4)CC3C)c[nH]c12. The van der Waals surface area contributed by atoms with Gasteiger partial charge in [0.25, 0.3) is 17.6 Å². The number of ether oxygens (including phenoxy) is 1. The number of benzene rings is 3. The van der Waals surface area contributed by atoms with Gasteiger partial charge in [0.15, 0.2) is 0 Å². The molecule has 42 heavy (non-hydrogen) atoms. The molecule has 1 atom stereocenters. The molecule has 214 valence electrons. The number of carbonyl (C=O) groups is 5. The number of aromatic amines is 1. The number of ketones is 1. The van der Waals surface area contributed by atoms with Gasteiger partial charge in [0.1, 0.15) is 0 Å². The molecular formula is C31H29N5O6. The van der Waals surface area contributed by atoms with E-state index in [0.29, 0.717) is 35.2 Å². The molecule has 1 fully saturated rings. The zero-order valence-electron chi connectivity index (χ0n) is 23.0. The topological polar surface area (TPSA) is 141 Å². The van der Waals surface area contributed by atoms with Gasteiger partial charge in [0.2, 0.25) is 0 Å². The van der Waals surface area contributed by atoms with Crippen molar-refractivity contribution < 1.29 is 28.7 Å². The van der Waals surface area contributed by atoms with Crippen LogP contribution in [0.2, 0.25) is 0 Å². The molecule has 0 aliphatic carbocycles. The number of piperazine rings is 1. The second kappa shape index (κ2) is 12.0. The number of urea groups is 1. The van der Waals surface area contributed by atoms with Crippen molar-refractivity contribution in [2.45, 2.75) is 13.0 Å². The number of rotatable bonds is 6. The quantitative estimate of drug-likeness (QED) is 0.182. The van der Waals surface area contributed by atoms with E-state index in [-0.39, 0.29) is 35.3 Å². The molecule has 1 aliphatic rings. The van der Waals surface area contributed by atoms with Gasteiger partial charge >= 0.3 is 12.0 Å². The van der Waals surface area contributed by atoms with Crippen molar-refractivity contribution in [1.29, 1.82) is 0 Å². The number of aromatic nitrogens is 1. The molecule has 11 heteroatoms. The average Bonchev–Trinajstić information content (AvgIpc) is 3.45. The van der Waals surface area contributed by atoms with Gasteiger partial charge in [-0.2, -0.15) is 0 Å². The van der Waals surface area contributed by atoms with E-state index in [1.54, 1.807) is 65.6 Å². The minimum atomic E-state index is -0.690. The van der Waals surface area contributed by atoms with Crippen LogP contribution in [0.5, 0.6) is 0 Å². The molecule has 0 radical (unpaired) electrons. The molecule has 1 aromatic heterocycles. The summed E-state index contributed by atoms with van der Waals surface area (Å²) in [6.07, 6.45) is 1.44. The summed E-state index contributed by atoms with van der Waals surface area (Å²) in [5, 5.41) is 5.82. The molecule has 4 amide bonds. The first-order valence-electron chi connectivity index (χ1n) is 13.3. The summed E-state index contributed by atoms with van der Waals surface area (Å²) in [7, 11) is 1.25. The number of methoxy groups -OCH3 is 1. The largest absolute Gasteiger partial charge is 0.465 e. The maximum atomic E-state index is 13.4. The number of para-hydroxylation sites is 2.